The van der Waals surface area contributed by atoms with E-state index in [-0.39, 0.29) is 18.0 Å². The van der Waals surface area contributed by atoms with E-state index in [0.29, 0.717) is 31.0 Å². The molecular formula is C38H34FN3O4. The Morgan fingerprint density at radius 3 is 2.37 bits per heavy atom. The third-order valence-corrected chi connectivity index (χ3v) is 8.02. The van der Waals surface area contributed by atoms with Crippen molar-refractivity contribution in [1.29, 1.82) is 0 Å². The van der Waals surface area contributed by atoms with Crippen molar-refractivity contribution in [2.24, 2.45) is 0 Å². The van der Waals surface area contributed by atoms with E-state index in [9.17, 15) is 14.3 Å². The molecule has 0 aliphatic heterocycles. The van der Waals surface area contributed by atoms with Gasteiger partial charge in [0, 0.05) is 37.3 Å². The van der Waals surface area contributed by atoms with Gasteiger partial charge in [0.15, 0.2) is 0 Å². The molecule has 0 aliphatic rings. The first-order valence-electron chi connectivity index (χ1n) is 15.1. The van der Waals surface area contributed by atoms with Gasteiger partial charge >= 0.3 is 5.97 Å². The molecule has 0 radical (unpaired) electrons. The van der Waals surface area contributed by atoms with E-state index in [1.807, 2.05) is 35.8 Å². The van der Waals surface area contributed by atoms with Gasteiger partial charge in [-0.05, 0) is 72.5 Å². The van der Waals surface area contributed by atoms with E-state index in [0.717, 1.165) is 55.9 Å². The summed E-state index contributed by atoms with van der Waals surface area (Å²) in [6, 6.07) is 30.3. The fourth-order valence-electron chi connectivity index (χ4n) is 5.51. The summed E-state index contributed by atoms with van der Waals surface area (Å²) in [6.45, 7) is 4.98. The van der Waals surface area contributed by atoms with Crippen LogP contribution in [0, 0.1) is 19.7 Å². The smallest absolute Gasteiger partial charge is 0.335 e. The molecular weight excluding hydrogens is 581 g/mol. The first kappa shape index (κ1) is 30.7. The Morgan fingerprint density at radius 2 is 1.61 bits per heavy atom. The summed E-state index contributed by atoms with van der Waals surface area (Å²) in [6.07, 6.45) is 0.517. The summed E-state index contributed by atoms with van der Waals surface area (Å²) in [5.41, 5.74) is 8.97. The maximum absolute atomic E-state index is 14.4. The fourth-order valence-corrected chi connectivity index (χ4v) is 5.51. The lowest BCUT2D eigenvalue weighted by Gasteiger charge is -2.15. The Bertz CT molecular complexity index is 2040. The van der Waals surface area contributed by atoms with Crippen molar-refractivity contribution in [2.75, 3.05) is 13.7 Å². The molecule has 0 atom stereocenters. The number of aromatic carboxylic acids is 1. The first-order chi connectivity index (χ1) is 22.3. The molecule has 7 nitrogen and oxygen atoms in total. The number of pyridine rings is 1. The maximum Gasteiger partial charge on any atom is 0.335 e. The van der Waals surface area contributed by atoms with Crippen LogP contribution in [0.2, 0.25) is 0 Å². The lowest BCUT2D eigenvalue weighted by molar-refractivity contribution is 0.0697. The number of hydrogen-bond acceptors (Lipinski definition) is 5. The molecule has 46 heavy (non-hydrogen) atoms. The minimum absolute atomic E-state index is 0.0775. The molecule has 0 saturated heterocycles. The van der Waals surface area contributed by atoms with E-state index in [1.54, 1.807) is 37.4 Å². The number of ether oxygens (including phenoxy) is 2. The van der Waals surface area contributed by atoms with Crippen LogP contribution in [-0.2, 0) is 24.3 Å². The number of aromatic nitrogens is 3. The van der Waals surface area contributed by atoms with Crippen LogP contribution in [-0.4, -0.2) is 39.3 Å². The van der Waals surface area contributed by atoms with E-state index in [1.165, 1.54) is 6.07 Å². The Kier molecular flexibility index (Phi) is 8.90. The Hall–Kier alpha value is -5.34. The van der Waals surface area contributed by atoms with Gasteiger partial charge in [-0.3, -0.25) is 0 Å². The van der Waals surface area contributed by atoms with Gasteiger partial charge in [-0.25, -0.2) is 19.2 Å². The molecule has 232 valence electrons. The summed E-state index contributed by atoms with van der Waals surface area (Å²) in [4.78, 5) is 21.4. The van der Waals surface area contributed by atoms with Crippen LogP contribution in [0.5, 0.6) is 5.88 Å². The van der Waals surface area contributed by atoms with Crippen molar-refractivity contribution >= 4 is 17.0 Å². The molecule has 0 aliphatic carbocycles. The maximum atomic E-state index is 14.4. The second-order valence-corrected chi connectivity index (χ2v) is 11.3. The van der Waals surface area contributed by atoms with Crippen LogP contribution in [0.3, 0.4) is 0 Å². The third kappa shape index (κ3) is 6.67. The number of carboxylic acids is 1. The zero-order chi connectivity index (χ0) is 32.2. The number of fused-ring (bicyclic) bond motifs is 1. The number of hydrogen-bond donors (Lipinski definition) is 1. The van der Waals surface area contributed by atoms with Crippen LogP contribution < -0.4 is 4.74 Å². The Labute approximate surface area is 266 Å². The van der Waals surface area contributed by atoms with Crippen molar-refractivity contribution in [3.05, 3.63) is 137 Å². The molecule has 0 unspecified atom stereocenters. The molecule has 6 aromatic rings. The minimum Gasteiger partial charge on any atom is -0.478 e. The number of methoxy groups -OCH3 is 1. The van der Waals surface area contributed by atoms with Gasteiger partial charge in [-0.1, -0.05) is 60.2 Å². The summed E-state index contributed by atoms with van der Waals surface area (Å²) >= 11 is 0. The number of halogens is 1. The van der Waals surface area contributed by atoms with Gasteiger partial charge in [0.25, 0.3) is 0 Å². The van der Waals surface area contributed by atoms with Crippen LogP contribution in [0.4, 0.5) is 4.39 Å². The molecule has 0 fully saturated rings. The number of carboxylic acid groups (broad SMARTS) is 1. The number of carbonyl (C=O) groups is 1. The molecule has 0 saturated carbocycles. The molecule has 0 amide bonds. The highest BCUT2D eigenvalue weighted by Crippen LogP contribution is 2.32. The van der Waals surface area contributed by atoms with Crippen molar-refractivity contribution in [3.8, 4) is 28.3 Å². The van der Waals surface area contributed by atoms with Gasteiger partial charge in [-0.15, -0.1) is 0 Å². The lowest BCUT2D eigenvalue weighted by atomic mass is 9.93. The molecule has 6 rings (SSSR count). The lowest BCUT2D eigenvalue weighted by Crippen LogP contribution is -2.10. The van der Waals surface area contributed by atoms with Gasteiger partial charge in [0.2, 0.25) is 5.88 Å². The minimum atomic E-state index is -0.981. The quantitative estimate of drug-likeness (QED) is 0.159. The predicted molar refractivity (Wildman–Crippen MR) is 177 cm³/mol. The Balaban J connectivity index is 1.36. The number of nitrogens with zero attached hydrogens (tertiary/aromatic N) is 3. The highest BCUT2D eigenvalue weighted by molar-refractivity contribution is 5.92. The molecule has 4 aromatic carbocycles. The molecule has 0 spiro atoms. The van der Waals surface area contributed by atoms with Crippen molar-refractivity contribution < 1.29 is 23.8 Å². The number of imidazole rings is 1. The van der Waals surface area contributed by atoms with E-state index >= 15 is 0 Å². The zero-order valence-electron chi connectivity index (χ0n) is 26.0. The van der Waals surface area contributed by atoms with Gasteiger partial charge < -0.3 is 19.1 Å². The average Bonchev–Trinajstić information content (AvgIpc) is 3.40. The molecule has 2 aromatic heterocycles. The number of aryl methyl sites for hydroxylation is 2. The normalized spacial score (nSPS) is 11.2. The van der Waals surface area contributed by atoms with Gasteiger partial charge in [-0.2, -0.15) is 0 Å². The average molecular weight is 616 g/mol. The SMILES string of the molecule is COCCn1c(Cc2ccc(-c3cccc(OCc4ccc(C)cc4F)n3)cc2-c2ccc(C)cc2)nc2ccc(C(=O)O)cc21. The summed E-state index contributed by atoms with van der Waals surface area (Å²) in [7, 11) is 1.64. The zero-order valence-corrected chi connectivity index (χ0v) is 26.0. The van der Waals surface area contributed by atoms with Crippen LogP contribution in [0.25, 0.3) is 33.4 Å². The standard InChI is InChI=1S/C38H34FN3O4/c1-24-7-10-26(11-8-24)31-20-28(33-5-4-6-37(41-33)46-23-30-12-9-25(2)19-32(30)39)14-13-27(31)22-36-40-34-16-15-29(38(43)44)21-35(34)42(36)17-18-45-3/h4-16,19-21H,17-18,22-23H2,1-3H3,(H,43,44). The van der Waals surface area contributed by atoms with Gasteiger partial charge in [0.1, 0.15) is 18.2 Å². The number of rotatable bonds is 11. The second kappa shape index (κ2) is 13.3. The fraction of sp³-hybridized carbons (Fsp3) is 0.184. The van der Waals surface area contributed by atoms with Crippen molar-refractivity contribution in [2.45, 2.75) is 33.4 Å². The van der Waals surface area contributed by atoms with E-state index in [2.05, 4.69) is 43.3 Å². The largest absolute Gasteiger partial charge is 0.478 e. The molecule has 1 N–H and O–H groups in total. The van der Waals surface area contributed by atoms with Crippen LogP contribution in [0.1, 0.15) is 38.4 Å². The second-order valence-electron chi connectivity index (χ2n) is 11.3. The van der Waals surface area contributed by atoms with E-state index in [4.69, 9.17) is 19.4 Å². The first-order valence-corrected chi connectivity index (χ1v) is 15.1. The molecule has 2 heterocycles. The number of benzene rings is 4. The van der Waals surface area contributed by atoms with E-state index < -0.39 is 5.97 Å². The van der Waals surface area contributed by atoms with Gasteiger partial charge in [0.05, 0.1) is 28.9 Å². The predicted octanol–water partition coefficient (Wildman–Crippen LogP) is 8.04. The monoisotopic (exact) mass is 615 g/mol. The van der Waals surface area contributed by atoms with Crippen LogP contribution >= 0.6 is 0 Å². The van der Waals surface area contributed by atoms with Crippen molar-refractivity contribution in [3.63, 3.8) is 0 Å². The Morgan fingerprint density at radius 1 is 0.848 bits per heavy atom. The molecule has 8 heteroatoms. The van der Waals surface area contributed by atoms with Crippen LogP contribution in [0.15, 0.2) is 97.1 Å². The highest BCUT2D eigenvalue weighted by atomic mass is 19.1. The summed E-state index contributed by atoms with van der Waals surface area (Å²) in [5, 5.41) is 9.59. The van der Waals surface area contributed by atoms with Crippen molar-refractivity contribution in [1.82, 2.24) is 14.5 Å². The third-order valence-electron chi connectivity index (χ3n) is 8.02. The molecule has 0 bridgehead atoms. The topological polar surface area (TPSA) is 86.5 Å². The summed E-state index contributed by atoms with van der Waals surface area (Å²) < 4.78 is 27.7. The highest BCUT2D eigenvalue weighted by Gasteiger charge is 2.17. The summed E-state index contributed by atoms with van der Waals surface area (Å²) in [5.74, 6) is -0.0586.